The number of nitrogens with one attached hydrogen (secondary N) is 1. The SMILES string of the molecule is COC[C@@H](C)N(C(=O)CSc1nc2ccccc2[nH]1)c1c(C)cccc1[C@@H](C)OC. The zero-order valence-corrected chi connectivity index (χ0v) is 19.0. The molecule has 2 aromatic carbocycles. The number of H-pyrrole nitrogens is 1. The summed E-state index contributed by atoms with van der Waals surface area (Å²) in [6.07, 6.45) is -0.132. The largest absolute Gasteiger partial charge is 0.383 e. The van der Waals surface area contributed by atoms with E-state index in [2.05, 4.69) is 9.97 Å². The summed E-state index contributed by atoms with van der Waals surface area (Å²) < 4.78 is 11.0. The first kappa shape index (κ1) is 22.3. The van der Waals surface area contributed by atoms with Crippen LogP contribution in [0.3, 0.4) is 0 Å². The molecular weight excluding hydrogens is 398 g/mol. The number of aryl methyl sites for hydroxylation is 1. The van der Waals surface area contributed by atoms with E-state index in [0.29, 0.717) is 6.61 Å². The minimum atomic E-state index is -0.132. The zero-order chi connectivity index (χ0) is 21.7. The zero-order valence-electron chi connectivity index (χ0n) is 18.1. The molecule has 0 radical (unpaired) electrons. The monoisotopic (exact) mass is 427 g/mol. The van der Waals surface area contributed by atoms with E-state index < -0.39 is 0 Å². The summed E-state index contributed by atoms with van der Waals surface area (Å²) in [6, 6.07) is 13.8. The molecule has 1 amide bonds. The third kappa shape index (κ3) is 4.86. The number of carbonyl (C=O) groups is 1. The molecule has 1 heterocycles. The maximum atomic E-state index is 13.4. The number of imidazole rings is 1. The number of anilines is 1. The van der Waals surface area contributed by atoms with Crippen molar-refractivity contribution < 1.29 is 14.3 Å². The molecule has 3 aromatic rings. The lowest BCUT2D eigenvalue weighted by Crippen LogP contribution is -2.43. The molecule has 1 aromatic heterocycles. The van der Waals surface area contributed by atoms with E-state index in [1.807, 2.05) is 68.1 Å². The lowest BCUT2D eigenvalue weighted by Gasteiger charge is -2.33. The van der Waals surface area contributed by atoms with Crippen LogP contribution in [0.4, 0.5) is 5.69 Å². The predicted molar refractivity (Wildman–Crippen MR) is 122 cm³/mol. The van der Waals surface area contributed by atoms with Gasteiger partial charge in [0.2, 0.25) is 5.91 Å². The number of thioether (sulfide) groups is 1. The van der Waals surface area contributed by atoms with E-state index in [1.54, 1.807) is 14.2 Å². The number of aromatic amines is 1. The third-order valence-corrected chi connectivity index (χ3v) is 5.98. The molecular formula is C23H29N3O3S. The van der Waals surface area contributed by atoms with Gasteiger partial charge in [-0.3, -0.25) is 4.79 Å². The molecule has 0 spiro atoms. The number of hydrogen-bond acceptors (Lipinski definition) is 5. The van der Waals surface area contributed by atoms with Crippen molar-refractivity contribution >= 4 is 34.4 Å². The van der Waals surface area contributed by atoms with Crippen LogP contribution in [0.1, 0.15) is 31.1 Å². The maximum Gasteiger partial charge on any atom is 0.237 e. The number of carbonyl (C=O) groups excluding carboxylic acids is 1. The van der Waals surface area contributed by atoms with Gasteiger partial charge < -0.3 is 19.4 Å². The Labute approximate surface area is 182 Å². The summed E-state index contributed by atoms with van der Waals surface area (Å²) in [5.41, 5.74) is 4.77. The lowest BCUT2D eigenvalue weighted by molar-refractivity contribution is -0.116. The Kier molecular flexibility index (Phi) is 7.53. The van der Waals surface area contributed by atoms with Gasteiger partial charge in [0.05, 0.1) is 41.2 Å². The number of para-hydroxylation sites is 3. The van der Waals surface area contributed by atoms with E-state index >= 15 is 0 Å². The highest BCUT2D eigenvalue weighted by atomic mass is 32.2. The molecule has 2 atom stereocenters. The van der Waals surface area contributed by atoms with Crippen molar-refractivity contribution in [2.24, 2.45) is 0 Å². The van der Waals surface area contributed by atoms with Gasteiger partial charge in [0.15, 0.2) is 5.16 Å². The smallest absolute Gasteiger partial charge is 0.237 e. The molecule has 0 aliphatic heterocycles. The number of hydrogen-bond donors (Lipinski definition) is 1. The molecule has 0 fully saturated rings. The normalized spacial score (nSPS) is 13.4. The Morgan fingerprint density at radius 3 is 2.63 bits per heavy atom. The standard InChI is InChI=1S/C23H29N3O3S/c1-15-9-8-10-18(17(3)29-5)22(15)26(16(2)13-28-4)21(27)14-30-23-24-19-11-6-7-12-20(19)25-23/h6-12,16-17H,13-14H2,1-5H3,(H,24,25)/t16-,17-/m1/s1. The first-order valence-corrected chi connectivity index (χ1v) is 11.0. The quantitative estimate of drug-likeness (QED) is 0.500. The summed E-state index contributed by atoms with van der Waals surface area (Å²) in [4.78, 5) is 23.1. The second-order valence-corrected chi connectivity index (χ2v) is 8.27. The number of methoxy groups -OCH3 is 2. The van der Waals surface area contributed by atoms with Crippen LogP contribution in [0.5, 0.6) is 0 Å². The molecule has 1 N–H and O–H groups in total. The van der Waals surface area contributed by atoms with Gasteiger partial charge in [-0.25, -0.2) is 4.98 Å². The summed E-state index contributed by atoms with van der Waals surface area (Å²) in [5, 5.41) is 0.735. The average Bonchev–Trinajstić information content (AvgIpc) is 3.16. The summed E-state index contributed by atoms with van der Waals surface area (Å²) >= 11 is 1.41. The van der Waals surface area contributed by atoms with Gasteiger partial charge >= 0.3 is 0 Å². The number of benzene rings is 2. The van der Waals surface area contributed by atoms with Gasteiger partial charge in [-0.15, -0.1) is 0 Å². The number of rotatable bonds is 9. The topological polar surface area (TPSA) is 67.5 Å². The minimum absolute atomic E-state index is 0.00357. The van der Waals surface area contributed by atoms with Gasteiger partial charge in [-0.2, -0.15) is 0 Å². The van der Waals surface area contributed by atoms with Gasteiger partial charge in [-0.05, 0) is 38.5 Å². The second-order valence-electron chi connectivity index (χ2n) is 7.31. The molecule has 3 rings (SSSR count). The maximum absolute atomic E-state index is 13.4. The minimum Gasteiger partial charge on any atom is -0.383 e. The molecule has 0 aliphatic carbocycles. The molecule has 0 aliphatic rings. The fourth-order valence-electron chi connectivity index (χ4n) is 3.57. The molecule has 6 nitrogen and oxygen atoms in total. The molecule has 0 saturated heterocycles. The van der Waals surface area contributed by atoms with Crippen LogP contribution in [0.2, 0.25) is 0 Å². The highest BCUT2D eigenvalue weighted by molar-refractivity contribution is 7.99. The van der Waals surface area contributed by atoms with Crippen LogP contribution >= 0.6 is 11.8 Å². The van der Waals surface area contributed by atoms with E-state index in [4.69, 9.17) is 9.47 Å². The fraction of sp³-hybridized carbons (Fsp3) is 0.391. The highest BCUT2D eigenvalue weighted by Crippen LogP contribution is 2.33. The average molecular weight is 428 g/mol. The van der Waals surface area contributed by atoms with Crippen molar-refractivity contribution in [2.45, 2.75) is 38.1 Å². The van der Waals surface area contributed by atoms with Gasteiger partial charge in [0, 0.05) is 19.8 Å². The van der Waals surface area contributed by atoms with Crippen molar-refractivity contribution in [1.82, 2.24) is 9.97 Å². The Morgan fingerprint density at radius 2 is 1.93 bits per heavy atom. The van der Waals surface area contributed by atoms with Crippen molar-refractivity contribution in [3.63, 3.8) is 0 Å². The Balaban J connectivity index is 1.89. The highest BCUT2D eigenvalue weighted by Gasteiger charge is 2.27. The molecule has 0 unspecified atom stereocenters. The number of amides is 1. The van der Waals surface area contributed by atoms with Crippen LogP contribution in [0.15, 0.2) is 47.6 Å². The fourth-order valence-corrected chi connectivity index (χ4v) is 4.31. The first-order chi connectivity index (χ1) is 14.5. The van der Waals surface area contributed by atoms with Gasteiger partial charge in [-0.1, -0.05) is 42.1 Å². The van der Waals surface area contributed by atoms with Crippen LogP contribution in [-0.4, -0.2) is 48.5 Å². The van der Waals surface area contributed by atoms with Crippen molar-refractivity contribution in [2.75, 3.05) is 31.5 Å². The van der Waals surface area contributed by atoms with Gasteiger partial charge in [0.25, 0.3) is 0 Å². The number of fused-ring (bicyclic) bond motifs is 1. The van der Waals surface area contributed by atoms with E-state index in [9.17, 15) is 4.79 Å². The Hall–Kier alpha value is -2.35. The molecule has 30 heavy (non-hydrogen) atoms. The molecule has 160 valence electrons. The number of ether oxygens (including phenoxy) is 2. The third-order valence-electron chi connectivity index (χ3n) is 5.12. The van der Waals surface area contributed by atoms with Crippen LogP contribution in [0.25, 0.3) is 11.0 Å². The number of aromatic nitrogens is 2. The van der Waals surface area contributed by atoms with Crippen molar-refractivity contribution in [3.8, 4) is 0 Å². The first-order valence-electron chi connectivity index (χ1n) is 9.97. The molecule has 0 bridgehead atoms. The summed E-state index contributed by atoms with van der Waals surface area (Å²) in [7, 11) is 3.33. The predicted octanol–water partition coefficient (Wildman–Crippen LogP) is 4.74. The van der Waals surface area contributed by atoms with E-state index in [0.717, 1.165) is 33.0 Å². The van der Waals surface area contributed by atoms with Crippen LogP contribution in [0, 0.1) is 6.92 Å². The van der Waals surface area contributed by atoms with Gasteiger partial charge in [0.1, 0.15) is 0 Å². The van der Waals surface area contributed by atoms with E-state index in [-0.39, 0.29) is 23.8 Å². The van der Waals surface area contributed by atoms with E-state index in [1.165, 1.54) is 11.8 Å². The Bertz CT molecular complexity index is 971. The molecule has 0 saturated carbocycles. The second kappa shape index (κ2) is 10.1. The number of nitrogens with zero attached hydrogens (tertiary/aromatic N) is 2. The summed E-state index contributed by atoms with van der Waals surface area (Å²) in [6.45, 7) is 6.45. The summed E-state index contributed by atoms with van der Waals surface area (Å²) in [5.74, 6) is 0.270. The van der Waals surface area contributed by atoms with Crippen molar-refractivity contribution in [3.05, 3.63) is 53.6 Å². The van der Waals surface area contributed by atoms with Crippen LogP contribution in [-0.2, 0) is 14.3 Å². The Morgan fingerprint density at radius 1 is 1.17 bits per heavy atom. The lowest BCUT2D eigenvalue weighted by atomic mass is 10.0. The van der Waals surface area contributed by atoms with Crippen molar-refractivity contribution in [1.29, 1.82) is 0 Å². The van der Waals surface area contributed by atoms with Crippen LogP contribution < -0.4 is 4.90 Å². The molecule has 7 heteroatoms.